The number of esters is 6. The molecule has 0 radical (unpaired) electrons. The molecule has 4 rings (SSSR count). The number of carbonyl (C=O) groups is 6. The third-order valence-electron chi connectivity index (χ3n) is 6.53. The number of rotatable bonds is 8. The van der Waals surface area contributed by atoms with Crippen molar-refractivity contribution in [3.05, 3.63) is 93.9 Å². The van der Waals surface area contributed by atoms with Gasteiger partial charge in [0, 0.05) is 27.7 Å². The molecule has 0 amide bonds. The molecule has 2 N–H and O–H groups in total. The molecule has 0 aromatic carbocycles. The van der Waals surface area contributed by atoms with E-state index in [1.807, 2.05) is 0 Å². The van der Waals surface area contributed by atoms with Crippen LogP contribution in [0.4, 0.5) is 0 Å². The quantitative estimate of drug-likeness (QED) is 0.123. The lowest BCUT2D eigenvalue weighted by atomic mass is 10.1. The van der Waals surface area contributed by atoms with Gasteiger partial charge in [-0.15, -0.1) is 0 Å². The molecular weight excluding hydrogens is 652 g/mol. The van der Waals surface area contributed by atoms with Crippen molar-refractivity contribution >= 4 is 35.8 Å². The highest BCUT2D eigenvalue weighted by atomic mass is 16.8. The Morgan fingerprint density at radius 3 is 1.20 bits per heavy atom. The van der Waals surface area contributed by atoms with Crippen LogP contribution in [-0.4, -0.2) is 70.2 Å². The SMILES string of the molecule is CC(C=CC1=C(O)OC(CC2OC(=O)C(/C=C/C(C)=C/C=C3C(=O)OC(C)(C)OC3=O)=C(O)O2)OC1=O)=CC=C1C(=O)OC(C)(C)OC1=O. The summed E-state index contributed by atoms with van der Waals surface area (Å²) in [5, 5.41) is 20.7. The van der Waals surface area contributed by atoms with Crippen LogP contribution < -0.4 is 0 Å². The van der Waals surface area contributed by atoms with E-state index in [1.54, 1.807) is 13.8 Å². The zero-order valence-corrected chi connectivity index (χ0v) is 27.1. The molecule has 2 atom stereocenters. The molecule has 0 bridgehead atoms. The maximum atomic E-state index is 12.6. The van der Waals surface area contributed by atoms with Crippen molar-refractivity contribution in [3.63, 3.8) is 0 Å². The Kier molecular flexibility index (Phi) is 10.2. The van der Waals surface area contributed by atoms with Gasteiger partial charge in [0.2, 0.25) is 0 Å². The zero-order valence-electron chi connectivity index (χ0n) is 27.1. The van der Waals surface area contributed by atoms with E-state index in [0.717, 1.165) is 0 Å². The highest BCUT2D eigenvalue weighted by Gasteiger charge is 2.40. The minimum absolute atomic E-state index is 0.338. The predicted molar refractivity (Wildman–Crippen MR) is 160 cm³/mol. The van der Waals surface area contributed by atoms with Crippen LogP contribution in [0.5, 0.6) is 0 Å². The Morgan fingerprint density at radius 1 is 0.571 bits per heavy atom. The van der Waals surface area contributed by atoms with E-state index in [4.69, 9.17) is 37.9 Å². The summed E-state index contributed by atoms with van der Waals surface area (Å²) in [5.41, 5.74) is -0.536. The summed E-state index contributed by atoms with van der Waals surface area (Å²) in [5.74, 6) is -9.87. The van der Waals surface area contributed by atoms with Crippen molar-refractivity contribution < 1.29 is 76.9 Å². The average molecular weight is 685 g/mol. The molecule has 0 aromatic heterocycles. The zero-order chi connectivity index (χ0) is 36.3. The average Bonchev–Trinajstić information content (AvgIpc) is 2.94. The smallest absolute Gasteiger partial charge is 0.348 e. The maximum absolute atomic E-state index is 12.6. The van der Waals surface area contributed by atoms with Crippen LogP contribution in [0.3, 0.4) is 0 Å². The van der Waals surface area contributed by atoms with Crippen LogP contribution in [-0.2, 0) is 66.7 Å². The third kappa shape index (κ3) is 9.06. The van der Waals surface area contributed by atoms with Gasteiger partial charge in [-0.05, 0) is 38.2 Å². The van der Waals surface area contributed by atoms with Crippen LogP contribution in [0.15, 0.2) is 93.9 Å². The fourth-order valence-corrected chi connectivity index (χ4v) is 4.16. The second-order valence-corrected chi connectivity index (χ2v) is 11.6. The van der Waals surface area contributed by atoms with E-state index in [-0.39, 0.29) is 22.3 Å². The summed E-state index contributed by atoms with van der Waals surface area (Å²) in [7, 11) is 0. The largest absolute Gasteiger partial charge is 0.480 e. The first-order valence-corrected chi connectivity index (χ1v) is 14.5. The van der Waals surface area contributed by atoms with Gasteiger partial charge in [-0.3, -0.25) is 0 Å². The summed E-state index contributed by atoms with van der Waals surface area (Å²) < 4.78 is 40.7. The van der Waals surface area contributed by atoms with Gasteiger partial charge in [0.15, 0.2) is 0 Å². The van der Waals surface area contributed by atoms with Gasteiger partial charge in [0.05, 0.1) is 6.42 Å². The number of aliphatic hydroxyl groups excluding tert-OH is 2. The standard InChI is InChI=1S/C33H32O16/c1-16(9-13-20-28(38)46-32(3,4)47-29(20)39)7-11-18-24(34)42-22(43-25(18)35)15-23-44-26(36)19(27(37)45-23)12-8-17(2)10-14-21-30(40)48-33(5,6)49-31(21)41/h7-14,22-23,34,36H,15H2,1-6H3/b11-7+,12-8?,16-9+,17-10?. The number of cyclic esters (lactones) is 6. The Hall–Kier alpha value is -6.06. The molecule has 4 heterocycles. The Labute approximate surface area is 278 Å². The third-order valence-corrected chi connectivity index (χ3v) is 6.53. The van der Waals surface area contributed by atoms with Crippen LogP contribution in [0, 0.1) is 0 Å². The topological polar surface area (TPSA) is 217 Å². The second-order valence-electron chi connectivity index (χ2n) is 11.6. The number of hydrogen-bond donors (Lipinski definition) is 2. The lowest BCUT2D eigenvalue weighted by Gasteiger charge is -2.29. The van der Waals surface area contributed by atoms with Gasteiger partial charge in [-0.1, -0.05) is 35.5 Å². The van der Waals surface area contributed by atoms with Gasteiger partial charge in [-0.25, -0.2) is 28.8 Å². The molecule has 0 aromatic rings. The number of ether oxygens (including phenoxy) is 8. The van der Waals surface area contributed by atoms with Gasteiger partial charge in [0.1, 0.15) is 22.3 Å². The monoisotopic (exact) mass is 684 g/mol. The summed E-state index contributed by atoms with van der Waals surface area (Å²) in [4.78, 5) is 73.4. The van der Waals surface area contributed by atoms with Crippen molar-refractivity contribution in [2.75, 3.05) is 0 Å². The van der Waals surface area contributed by atoms with E-state index >= 15 is 0 Å². The molecule has 2 saturated heterocycles. The van der Waals surface area contributed by atoms with Gasteiger partial charge in [-0.2, -0.15) is 0 Å². The first-order chi connectivity index (χ1) is 22.8. The van der Waals surface area contributed by atoms with E-state index in [2.05, 4.69) is 0 Å². The van der Waals surface area contributed by atoms with Gasteiger partial charge in [0.25, 0.3) is 36.0 Å². The van der Waals surface area contributed by atoms with Crippen LogP contribution in [0.2, 0.25) is 0 Å². The van der Waals surface area contributed by atoms with E-state index in [1.165, 1.54) is 76.3 Å². The molecular formula is C33H32O16. The van der Waals surface area contributed by atoms with Crippen molar-refractivity contribution in [1.29, 1.82) is 0 Å². The minimum atomic E-state index is -1.47. The first kappa shape index (κ1) is 35.8. The molecule has 4 aliphatic rings. The molecule has 0 saturated carbocycles. The Morgan fingerprint density at radius 2 is 0.898 bits per heavy atom. The minimum Gasteiger partial charge on any atom is -0.480 e. The van der Waals surface area contributed by atoms with Crippen molar-refractivity contribution in [3.8, 4) is 0 Å². The summed E-state index contributed by atoms with van der Waals surface area (Å²) in [6, 6.07) is 0. The molecule has 4 aliphatic heterocycles. The van der Waals surface area contributed by atoms with Crippen molar-refractivity contribution in [1.82, 2.24) is 0 Å². The van der Waals surface area contributed by atoms with Gasteiger partial charge >= 0.3 is 35.8 Å². The van der Waals surface area contributed by atoms with E-state index in [0.29, 0.717) is 11.1 Å². The fraction of sp³-hybridized carbons (Fsp3) is 0.333. The lowest BCUT2D eigenvalue weighted by molar-refractivity contribution is -0.224. The summed E-state index contributed by atoms with van der Waals surface area (Å²) in [6.45, 7) is 8.80. The number of hydrogen-bond acceptors (Lipinski definition) is 16. The molecule has 260 valence electrons. The number of allylic oxidation sites excluding steroid dienone is 8. The van der Waals surface area contributed by atoms with Crippen LogP contribution in [0.25, 0.3) is 0 Å². The molecule has 0 spiro atoms. The van der Waals surface area contributed by atoms with Gasteiger partial charge < -0.3 is 48.1 Å². The molecule has 16 nitrogen and oxygen atoms in total. The highest BCUT2D eigenvalue weighted by Crippen LogP contribution is 2.28. The van der Waals surface area contributed by atoms with E-state index < -0.39 is 78.3 Å². The van der Waals surface area contributed by atoms with Crippen molar-refractivity contribution in [2.45, 2.75) is 72.1 Å². The summed E-state index contributed by atoms with van der Waals surface area (Å²) >= 11 is 0. The van der Waals surface area contributed by atoms with E-state index in [9.17, 15) is 39.0 Å². The number of carbonyl (C=O) groups excluding carboxylic acids is 6. The molecule has 2 fully saturated rings. The molecule has 49 heavy (non-hydrogen) atoms. The molecule has 16 heteroatoms. The van der Waals surface area contributed by atoms with Crippen LogP contribution in [0.1, 0.15) is 48.0 Å². The number of aliphatic hydroxyl groups is 2. The highest BCUT2D eigenvalue weighted by molar-refractivity contribution is 6.16. The maximum Gasteiger partial charge on any atom is 0.348 e. The fourth-order valence-electron chi connectivity index (χ4n) is 4.16. The predicted octanol–water partition coefficient (Wildman–Crippen LogP) is 3.24. The lowest BCUT2D eigenvalue weighted by Crippen LogP contribution is -2.41. The second kappa shape index (κ2) is 14.0. The Bertz CT molecular complexity index is 1570. The Balaban J connectivity index is 1.35. The normalized spacial score (nSPS) is 24.4. The first-order valence-electron chi connectivity index (χ1n) is 14.5. The molecule has 2 unspecified atom stereocenters. The van der Waals surface area contributed by atoms with Crippen molar-refractivity contribution in [2.24, 2.45) is 0 Å². The summed E-state index contributed by atoms with van der Waals surface area (Å²) in [6.07, 6.45) is 6.82. The molecule has 0 aliphatic carbocycles. The van der Waals surface area contributed by atoms with Crippen LogP contribution >= 0.6 is 0 Å².